The Balaban J connectivity index is 1.88. The first-order valence-corrected chi connectivity index (χ1v) is 6.43. The summed E-state index contributed by atoms with van der Waals surface area (Å²) in [6.07, 6.45) is 1.44. The number of hydrogen-bond donors (Lipinski definition) is 1. The Kier molecular flexibility index (Phi) is 3.01. The normalized spacial score (nSPS) is 21.7. The van der Waals surface area contributed by atoms with E-state index in [0.29, 0.717) is 11.3 Å². The number of rotatable bonds is 3. The van der Waals surface area contributed by atoms with Crippen molar-refractivity contribution in [3.05, 3.63) is 59.8 Å². The Bertz CT molecular complexity index is 699. The van der Waals surface area contributed by atoms with E-state index in [9.17, 15) is 14.0 Å². The molecule has 1 aliphatic heterocycles. The van der Waals surface area contributed by atoms with Crippen molar-refractivity contribution < 1.29 is 18.4 Å². The van der Waals surface area contributed by atoms with Gasteiger partial charge in [0, 0.05) is 0 Å². The van der Waals surface area contributed by atoms with Crippen LogP contribution in [0.2, 0.25) is 0 Å². The molecule has 0 saturated carbocycles. The molecule has 0 aliphatic carbocycles. The average molecular weight is 288 g/mol. The monoisotopic (exact) mass is 288 g/mol. The molecule has 5 nitrogen and oxygen atoms in total. The molecule has 1 aromatic carbocycles. The lowest BCUT2D eigenvalue weighted by molar-refractivity contribution is -0.132. The highest BCUT2D eigenvalue weighted by Crippen LogP contribution is 2.29. The first-order chi connectivity index (χ1) is 10.0. The third-order valence-corrected chi connectivity index (χ3v) is 3.52. The second kappa shape index (κ2) is 4.73. The van der Waals surface area contributed by atoms with Gasteiger partial charge in [0.1, 0.15) is 11.6 Å². The highest BCUT2D eigenvalue weighted by Gasteiger charge is 2.50. The van der Waals surface area contributed by atoms with Crippen LogP contribution in [0.3, 0.4) is 0 Å². The summed E-state index contributed by atoms with van der Waals surface area (Å²) in [5.41, 5.74) is -0.685. The molecule has 1 saturated heterocycles. The number of urea groups is 1. The molecule has 1 aromatic heterocycles. The second-order valence-electron chi connectivity index (χ2n) is 5.05. The smallest absolute Gasteiger partial charge is 0.325 e. The fourth-order valence-electron chi connectivity index (χ4n) is 2.39. The third-order valence-electron chi connectivity index (χ3n) is 3.52. The van der Waals surface area contributed by atoms with Gasteiger partial charge in [0.25, 0.3) is 5.91 Å². The van der Waals surface area contributed by atoms with E-state index in [1.54, 1.807) is 25.1 Å². The number of benzene rings is 1. The van der Waals surface area contributed by atoms with Gasteiger partial charge in [0.15, 0.2) is 5.54 Å². The summed E-state index contributed by atoms with van der Waals surface area (Å²) in [7, 11) is 0. The fraction of sp³-hybridized carbons (Fsp3) is 0.200. The van der Waals surface area contributed by atoms with Gasteiger partial charge in [-0.3, -0.25) is 9.69 Å². The minimum Gasteiger partial charge on any atom is -0.466 e. The van der Waals surface area contributed by atoms with Crippen molar-refractivity contribution in [2.24, 2.45) is 0 Å². The van der Waals surface area contributed by atoms with Crippen LogP contribution in [-0.2, 0) is 16.9 Å². The zero-order valence-corrected chi connectivity index (χ0v) is 11.3. The summed E-state index contributed by atoms with van der Waals surface area (Å²) in [6.45, 7) is 1.59. The minimum absolute atomic E-state index is 0.0126. The van der Waals surface area contributed by atoms with Gasteiger partial charge in [-0.15, -0.1) is 0 Å². The summed E-state index contributed by atoms with van der Waals surface area (Å²) in [6, 6.07) is 8.55. The predicted octanol–water partition coefficient (Wildman–Crippen LogP) is 2.39. The van der Waals surface area contributed by atoms with Gasteiger partial charge < -0.3 is 9.73 Å². The maximum atomic E-state index is 13.2. The van der Waals surface area contributed by atoms with Crippen LogP contribution in [0.15, 0.2) is 47.1 Å². The van der Waals surface area contributed by atoms with Crippen molar-refractivity contribution in [1.82, 2.24) is 10.2 Å². The lowest BCUT2D eigenvalue weighted by atomic mass is 9.99. The second-order valence-corrected chi connectivity index (χ2v) is 5.05. The maximum Gasteiger partial charge on any atom is 0.325 e. The van der Waals surface area contributed by atoms with E-state index < -0.39 is 23.3 Å². The molecule has 1 N–H and O–H groups in total. The van der Waals surface area contributed by atoms with Crippen LogP contribution in [0, 0.1) is 5.82 Å². The molecule has 2 heterocycles. The van der Waals surface area contributed by atoms with E-state index in [4.69, 9.17) is 4.42 Å². The van der Waals surface area contributed by atoms with Crippen molar-refractivity contribution in [2.45, 2.75) is 19.0 Å². The number of hydrogen-bond acceptors (Lipinski definition) is 3. The molecule has 2 aromatic rings. The number of carbonyl (C=O) groups excluding carboxylic acids is 2. The lowest BCUT2D eigenvalue weighted by Crippen LogP contribution is -2.40. The number of halogens is 1. The van der Waals surface area contributed by atoms with Crippen molar-refractivity contribution in [3.63, 3.8) is 0 Å². The molecule has 1 fully saturated rings. The summed E-state index contributed by atoms with van der Waals surface area (Å²) in [5.74, 6) is -0.470. The maximum absolute atomic E-state index is 13.2. The molecule has 1 atom stereocenters. The molecule has 6 heteroatoms. The van der Waals surface area contributed by atoms with Gasteiger partial charge >= 0.3 is 6.03 Å². The standard InChI is InChI=1S/C15H13FN2O3/c1-15(12-6-3-7-21-12)13(19)18(14(20)17-15)9-10-4-2-5-11(16)8-10/h2-8H,9H2,1H3,(H,17,20). The minimum atomic E-state index is -1.23. The van der Waals surface area contributed by atoms with Crippen LogP contribution in [-0.4, -0.2) is 16.8 Å². The molecule has 1 unspecified atom stereocenters. The Morgan fingerprint density at radius 1 is 1.29 bits per heavy atom. The van der Waals surface area contributed by atoms with Gasteiger partial charge in [0.05, 0.1) is 12.8 Å². The fourth-order valence-corrected chi connectivity index (χ4v) is 2.39. The SMILES string of the molecule is CC1(c2ccco2)NC(=O)N(Cc2cccc(F)c2)C1=O. The van der Waals surface area contributed by atoms with Crippen LogP contribution in [0.1, 0.15) is 18.2 Å². The van der Waals surface area contributed by atoms with Crippen LogP contribution < -0.4 is 5.32 Å². The van der Waals surface area contributed by atoms with Crippen molar-refractivity contribution in [2.75, 3.05) is 0 Å². The van der Waals surface area contributed by atoms with Crippen LogP contribution >= 0.6 is 0 Å². The van der Waals surface area contributed by atoms with E-state index >= 15 is 0 Å². The zero-order chi connectivity index (χ0) is 15.0. The van der Waals surface area contributed by atoms with E-state index in [2.05, 4.69) is 5.32 Å². The van der Waals surface area contributed by atoms with Crippen molar-refractivity contribution >= 4 is 11.9 Å². The van der Waals surface area contributed by atoms with Crippen molar-refractivity contribution in [3.8, 4) is 0 Å². The van der Waals surface area contributed by atoms with E-state index in [1.807, 2.05) is 0 Å². The highest BCUT2D eigenvalue weighted by molar-refractivity contribution is 6.06. The molecule has 3 rings (SSSR count). The first-order valence-electron chi connectivity index (χ1n) is 6.43. The lowest BCUT2D eigenvalue weighted by Gasteiger charge is -2.19. The number of amides is 3. The van der Waals surface area contributed by atoms with Crippen LogP contribution in [0.25, 0.3) is 0 Å². The number of carbonyl (C=O) groups is 2. The zero-order valence-electron chi connectivity index (χ0n) is 11.3. The molecule has 108 valence electrons. The van der Waals surface area contributed by atoms with E-state index in [0.717, 1.165) is 4.90 Å². The van der Waals surface area contributed by atoms with Crippen LogP contribution in [0.5, 0.6) is 0 Å². The summed E-state index contributed by atoms with van der Waals surface area (Å²) in [5, 5.41) is 2.62. The summed E-state index contributed by atoms with van der Waals surface area (Å²) in [4.78, 5) is 25.6. The van der Waals surface area contributed by atoms with Crippen molar-refractivity contribution in [1.29, 1.82) is 0 Å². The number of nitrogens with zero attached hydrogens (tertiary/aromatic N) is 1. The molecule has 21 heavy (non-hydrogen) atoms. The molecule has 1 aliphatic rings. The van der Waals surface area contributed by atoms with Gasteiger partial charge in [-0.05, 0) is 36.8 Å². The molecule has 0 spiro atoms. The molecule has 0 bridgehead atoms. The number of furan rings is 1. The summed E-state index contributed by atoms with van der Waals surface area (Å²) >= 11 is 0. The van der Waals surface area contributed by atoms with Gasteiger partial charge in [-0.2, -0.15) is 0 Å². The first kappa shape index (κ1) is 13.4. The molecular weight excluding hydrogens is 275 g/mol. The largest absolute Gasteiger partial charge is 0.466 e. The van der Waals surface area contributed by atoms with Gasteiger partial charge in [-0.1, -0.05) is 12.1 Å². The topological polar surface area (TPSA) is 62.6 Å². The average Bonchev–Trinajstić information content (AvgIpc) is 3.04. The Morgan fingerprint density at radius 2 is 2.10 bits per heavy atom. The highest BCUT2D eigenvalue weighted by atomic mass is 19.1. The Hall–Kier alpha value is -2.63. The molecule has 3 amide bonds. The molecular formula is C15H13FN2O3. The number of imide groups is 1. The van der Waals surface area contributed by atoms with Crippen LogP contribution in [0.4, 0.5) is 9.18 Å². The van der Waals surface area contributed by atoms with Gasteiger partial charge in [0.2, 0.25) is 0 Å². The summed E-state index contributed by atoms with van der Waals surface area (Å²) < 4.78 is 18.4. The van der Waals surface area contributed by atoms with Gasteiger partial charge in [-0.25, -0.2) is 9.18 Å². The Morgan fingerprint density at radius 3 is 2.76 bits per heavy atom. The quantitative estimate of drug-likeness (QED) is 0.882. The molecule has 0 radical (unpaired) electrons. The Labute approximate surface area is 120 Å². The van der Waals surface area contributed by atoms with E-state index in [-0.39, 0.29) is 6.54 Å². The predicted molar refractivity (Wildman–Crippen MR) is 71.5 cm³/mol. The van der Waals surface area contributed by atoms with E-state index in [1.165, 1.54) is 24.5 Å². The number of nitrogens with one attached hydrogen (secondary N) is 1. The third kappa shape index (κ3) is 2.18.